The van der Waals surface area contributed by atoms with Gasteiger partial charge < -0.3 is 20.8 Å². The zero-order valence-corrected chi connectivity index (χ0v) is 15.9. The fourth-order valence-corrected chi connectivity index (χ4v) is 2.91. The van der Waals surface area contributed by atoms with Crippen molar-refractivity contribution in [2.24, 2.45) is 4.99 Å². The molecule has 0 aromatic heterocycles. The van der Waals surface area contributed by atoms with Crippen molar-refractivity contribution in [2.75, 3.05) is 10.6 Å². The van der Waals surface area contributed by atoms with E-state index in [-0.39, 0.29) is 17.3 Å². The predicted octanol–water partition coefficient (Wildman–Crippen LogP) is 5.35. The van der Waals surface area contributed by atoms with Gasteiger partial charge >= 0.3 is 0 Å². The minimum absolute atomic E-state index is 0.0374. The van der Waals surface area contributed by atoms with E-state index in [2.05, 4.69) is 15.6 Å². The molecule has 0 radical (unpaired) electrons. The van der Waals surface area contributed by atoms with Gasteiger partial charge in [-0.15, -0.1) is 0 Å². The number of anilines is 4. The van der Waals surface area contributed by atoms with Crippen LogP contribution >= 0.6 is 0 Å². The lowest BCUT2D eigenvalue weighted by Crippen LogP contribution is -2.00. The molecule has 1 aliphatic carbocycles. The minimum Gasteiger partial charge on any atom is -0.508 e. The number of rotatable bonds is 5. The molecule has 0 saturated carbocycles. The molecule has 0 amide bonds. The van der Waals surface area contributed by atoms with Crippen LogP contribution in [0.1, 0.15) is 0 Å². The molecule has 0 bridgehead atoms. The van der Waals surface area contributed by atoms with E-state index in [1.165, 1.54) is 12.2 Å². The Hall–Kier alpha value is -4.32. The fraction of sp³-hybridized carbons (Fsp3) is 0. The highest BCUT2D eigenvalue weighted by Gasteiger charge is 2.11. The molecule has 4 rings (SSSR count). The van der Waals surface area contributed by atoms with Gasteiger partial charge in [0.1, 0.15) is 11.5 Å². The molecule has 6 heteroatoms. The Balaban J connectivity index is 1.73. The van der Waals surface area contributed by atoms with Gasteiger partial charge in [-0.3, -0.25) is 4.79 Å². The standard InChI is InChI=1S/C24H19N3O3/c28-19-10-6-17(7-11-19)26-21-14-23(27-18-8-12-20(29)13-9-18)24(30)15-22(21)25-16-4-2-1-3-5-16/h1-15,25,27,29-30H. The van der Waals surface area contributed by atoms with Gasteiger partial charge in [-0.25, -0.2) is 4.99 Å². The van der Waals surface area contributed by atoms with Crippen LogP contribution in [0.5, 0.6) is 11.5 Å². The van der Waals surface area contributed by atoms with E-state index in [9.17, 15) is 15.0 Å². The molecule has 0 atom stereocenters. The lowest BCUT2D eigenvalue weighted by atomic mass is 10.1. The molecule has 3 aromatic carbocycles. The van der Waals surface area contributed by atoms with Gasteiger partial charge in [0.2, 0.25) is 0 Å². The number of nitrogens with one attached hydrogen (secondary N) is 2. The zero-order valence-electron chi connectivity index (χ0n) is 15.9. The monoisotopic (exact) mass is 397 g/mol. The number of hydrogen-bond donors (Lipinski definition) is 4. The Morgan fingerprint density at radius 3 is 2.03 bits per heavy atom. The number of nitrogens with zero attached hydrogens (tertiary/aromatic N) is 1. The molecule has 6 nitrogen and oxygen atoms in total. The van der Waals surface area contributed by atoms with Crippen molar-refractivity contribution in [3.05, 3.63) is 91.0 Å². The first-order valence-electron chi connectivity index (χ1n) is 9.31. The highest BCUT2D eigenvalue weighted by Crippen LogP contribution is 2.39. The molecular formula is C24H19N3O3. The molecule has 0 unspecified atom stereocenters. The smallest absolute Gasteiger partial charge is 0.178 e. The highest BCUT2D eigenvalue weighted by molar-refractivity contribution is 6.17. The van der Waals surface area contributed by atoms with E-state index in [1.807, 2.05) is 30.3 Å². The van der Waals surface area contributed by atoms with Crippen LogP contribution in [0.4, 0.5) is 28.4 Å². The largest absolute Gasteiger partial charge is 0.508 e. The summed E-state index contributed by atoms with van der Waals surface area (Å²) in [5.74, 6) is 0.108. The SMILES string of the molecule is O=C1C=CC(=Nc2cc(Nc3ccc(O)cc3)c(O)cc2Nc2ccccc2)C=C1. The van der Waals surface area contributed by atoms with Crippen LogP contribution in [0.15, 0.2) is 96.0 Å². The first-order chi connectivity index (χ1) is 14.6. The number of aliphatic imine (C=N–C) groups is 1. The summed E-state index contributed by atoms with van der Waals surface area (Å²) >= 11 is 0. The van der Waals surface area contributed by atoms with Gasteiger partial charge in [0, 0.05) is 17.4 Å². The second-order valence-electron chi connectivity index (χ2n) is 6.66. The molecule has 0 aliphatic heterocycles. The van der Waals surface area contributed by atoms with Crippen LogP contribution in [0, 0.1) is 0 Å². The average Bonchev–Trinajstić information content (AvgIpc) is 2.75. The normalized spacial score (nSPS) is 12.7. The Kier molecular flexibility index (Phi) is 5.30. The van der Waals surface area contributed by atoms with Crippen molar-refractivity contribution in [3.63, 3.8) is 0 Å². The third kappa shape index (κ3) is 4.56. The summed E-state index contributed by atoms with van der Waals surface area (Å²) in [6.07, 6.45) is 6.21. The maximum atomic E-state index is 11.4. The number of hydrogen-bond acceptors (Lipinski definition) is 6. The second kappa shape index (κ2) is 8.36. The van der Waals surface area contributed by atoms with E-state index in [0.29, 0.717) is 28.5 Å². The van der Waals surface area contributed by atoms with Crippen LogP contribution in [0.25, 0.3) is 0 Å². The topological polar surface area (TPSA) is 94.0 Å². The van der Waals surface area contributed by atoms with Crippen LogP contribution in [-0.4, -0.2) is 21.7 Å². The number of aromatic hydroxyl groups is 2. The van der Waals surface area contributed by atoms with Crippen molar-refractivity contribution in [3.8, 4) is 11.5 Å². The zero-order chi connectivity index (χ0) is 20.9. The number of phenols is 2. The van der Waals surface area contributed by atoms with Crippen LogP contribution in [-0.2, 0) is 4.79 Å². The predicted molar refractivity (Wildman–Crippen MR) is 120 cm³/mol. The third-order valence-electron chi connectivity index (χ3n) is 4.40. The Labute approximate surface area is 173 Å². The quantitative estimate of drug-likeness (QED) is 0.264. The number of carbonyl (C=O) groups excluding carboxylic acids is 1. The second-order valence-corrected chi connectivity index (χ2v) is 6.66. The van der Waals surface area contributed by atoms with Crippen LogP contribution in [0.2, 0.25) is 0 Å². The van der Waals surface area contributed by atoms with Gasteiger partial charge in [-0.1, -0.05) is 18.2 Å². The molecule has 4 N–H and O–H groups in total. The number of benzene rings is 3. The van der Waals surface area contributed by atoms with Crippen molar-refractivity contribution < 1.29 is 15.0 Å². The highest BCUT2D eigenvalue weighted by atomic mass is 16.3. The number of para-hydroxylation sites is 1. The Morgan fingerprint density at radius 2 is 1.33 bits per heavy atom. The van der Waals surface area contributed by atoms with Gasteiger partial charge in [-0.05, 0) is 66.8 Å². The summed E-state index contributed by atoms with van der Waals surface area (Å²) < 4.78 is 0. The average molecular weight is 397 g/mol. The van der Waals surface area contributed by atoms with Crippen LogP contribution in [0.3, 0.4) is 0 Å². The molecule has 3 aromatic rings. The molecule has 30 heavy (non-hydrogen) atoms. The van der Waals surface area contributed by atoms with Gasteiger partial charge in [0.05, 0.1) is 22.8 Å². The summed E-state index contributed by atoms with van der Waals surface area (Å²) in [4.78, 5) is 16.0. The fourth-order valence-electron chi connectivity index (χ4n) is 2.91. The van der Waals surface area contributed by atoms with Crippen molar-refractivity contribution >= 4 is 39.9 Å². The Morgan fingerprint density at radius 1 is 0.700 bits per heavy atom. The van der Waals surface area contributed by atoms with Crippen LogP contribution < -0.4 is 10.6 Å². The molecule has 0 saturated heterocycles. The van der Waals surface area contributed by atoms with Crippen molar-refractivity contribution in [2.45, 2.75) is 0 Å². The number of ketones is 1. The van der Waals surface area contributed by atoms with Crippen molar-refractivity contribution in [1.29, 1.82) is 0 Å². The first kappa shape index (κ1) is 19.0. The lowest BCUT2D eigenvalue weighted by Gasteiger charge is -2.15. The molecular weight excluding hydrogens is 378 g/mol. The van der Waals surface area contributed by atoms with E-state index in [1.54, 1.807) is 48.6 Å². The van der Waals surface area contributed by atoms with E-state index >= 15 is 0 Å². The Bertz CT molecular complexity index is 1150. The van der Waals surface area contributed by atoms with Gasteiger partial charge in [-0.2, -0.15) is 0 Å². The maximum Gasteiger partial charge on any atom is 0.178 e. The number of carbonyl (C=O) groups is 1. The molecule has 1 aliphatic rings. The summed E-state index contributed by atoms with van der Waals surface area (Å²) in [5, 5.41) is 26.4. The lowest BCUT2D eigenvalue weighted by molar-refractivity contribution is -0.110. The summed E-state index contributed by atoms with van der Waals surface area (Å²) in [6, 6.07) is 19.4. The third-order valence-corrected chi connectivity index (χ3v) is 4.40. The van der Waals surface area contributed by atoms with E-state index in [4.69, 9.17) is 0 Å². The number of allylic oxidation sites excluding steroid dienone is 4. The molecule has 148 valence electrons. The summed E-state index contributed by atoms with van der Waals surface area (Å²) in [5.41, 5.74) is 3.82. The first-order valence-corrected chi connectivity index (χ1v) is 9.31. The summed E-state index contributed by atoms with van der Waals surface area (Å²) in [7, 11) is 0. The molecule has 0 heterocycles. The van der Waals surface area contributed by atoms with Gasteiger partial charge in [0.15, 0.2) is 5.78 Å². The molecule has 0 fully saturated rings. The minimum atomic E-state index is -0.0861. The van der Waals surface area contributed by atoms with Crippen molar-refractivity contribution in [1.82, 2.24) is 0 Å². The number of phenolic OH excluding ortho intramolecular Hbond substituents is 2. The van der Waals surface area contributed by atoms with E-state index < -0.39 is 0 Å². The summed E-state index contributed by atoms with van der Waals surface area (Å²) in [6.45, 7) is 0. The van der Waals surface area contributed by atoms with Gasteiger partial charge in [0.25, 0.3) is 0 Å². The van der Waals surface area contributed by atoms with E-state index in [0.717, 1.165) is 5.69 Å². The maximum absolute atomic E-state index is 11.4. The molecule has 0 spiro atoms.